The van der Waals surface area contributed by atoms with Crippen LogP contribution in [-0.2, 0) is 28.3 Å². The van der Waals surface area contributed by atoms with Gasteiger partial charge in [-0.1, -0.05) is 0 Å². The molecule has 0 aliphatic carbocycles. The molecule has 0 saturated carbocycles. The highest BCUT2D eigenvalue weighted by atomic mass is 19.4. The van der Waals surface area contributed by atoms with Crippen molar-refractivity contribution in [2.45, 2.75) is 51.1 Å². The summed E-state index contributed by atoms with van der Waals surface area (Å²) in [6.07, 6.45) is -7.54. The smallest absolute Gasteiger partial charge is 0.433 e. The fourth-order valence-electron chi connectivity index (χ4n) is 1.96. The minimum Gasteiger partial charge on any atom is -0.459 e. The molecule has 0 aromatic carbocycles. The van der Waals surface area contributed by atoms with Gasteiger partial charge in [0, 0.05) is 12.4 Å². The Bertz CT molecular complexity index is 1050. The first-order valence-electron chi connectivity index (χ1n) is 8.87. The Morgan fingerprint density at radius 1 is 0.970 bits per heavy atom. The van der Waals surface area contributed by atoms with Crippen LogP contribution in [0.5, 0.6) is 0 Å². The predicted molar refractivity (Wildman–Crippen MR) is 97.6 cm³/mol. The minimum atomic E-state index is -4.67. The van der Waals surface area contributed by atoms with Gasteiger partial charge in [-0.05, 0) is 32.9 Å². The Kier molecular flexibility index (Phi) is 8.80. The maximum absolute atomic E-state index is 12.5. The zero-order valence-electron chi connectivity index (χ0n) is 17.4. The monoisotopic (exact) mass is 474 g/mol. The summed E-state index contributed by atoms with van der Waals surface area (Å²) < 4.78 is 78.6. The second-order valence-corrected chi connectivity index (χ2v) is 7.08. The summed E-state index contributed by atoms with van der Waals surface area (Å²) in [5.74, 6) is -3.23. The number of halogens is 6. The van der Waals surface area contributed by atoms with E-state index in [1.54, 1.807) is 32.9 Å². The Labute approximate surface area is 183 Å². The SMILES string of the molecule is CC(C)(C)OC(=O)C(C#N)c1nccc(C(F)(F)F)n1.N#CCc1nccc(C(F)(F)F)n1. The third kappa shape index (κ3) is 9.06. The quantitative estimate of drug-likeness (QED) is 0.483. The molecule has 0 amide bonds. The number of esters is 1. The molecule has 0 N–H and O–H groups in total. The van der Waals surface area contributed by atoms with Crippen molar-refractivity contribution in [2.24, 2.45) is 0 Å². The molecule has 0 radical (unpaired) electrons. The van der Waals surface area contributed by atoms with E-state index in [4.69, 9.17) is 15.3 Å². The van der Waals surface area contributed by atoms with Crippen molar-refractivity contribution in [1.82, 2.24) is 19.9 Å². The van der Waals surface area contributed by atoms with Crippen molar-refractivity contribution in [1.29, 1.82) is 10.5 Å². The van der Waals surface area contributed by atoms with Gasteiger partial charge in [-0.3, -0.25) is 4.79 Å². The average molecular weight is 474 g/mol. The summed E-state index contributed by atoms with van der Waals surface area (Å²) in [6, 6.07) is 4.65. The van der Waals surface area contributed by atoms with E-state index >= 15 is 0 Å². The largest absolute Gasteiger partial charge is 0.459 e. The third-order valence-corrected chi connectivity index (χ3v) is 3.23. The van der Waals surface area contributed by atoms with E-state index < -0.39 is 47.1 Å². The molecule has 8 nitrogen and oxygen atoms in total. The molecule has 1 atom stereocenters. The van der Waals surface area contributed by atoms with Crippen LogP contribution in [0.25, 0.3) is 0 Å². The van der Waals surface area contributed by atoms with Crippen LogP contribution in [0.3, 0.4) is 0 Å². The van der Waals surface area contributed by atoms with Crippen LogP contribution >= 0.6 is 0 Å². The van der Waals surface area contributed by atoms with Gasteiger partial charge in [0.25, 0.3) is 0 Å². The van der Waals surface area contributed by atoms with Crippen molar-refractivity contribution in [2.75, 3.05) is 0 Å². The third-order valence-electron chi connectivity index (χ3n) is 3.23. The number of carbonyl (C=O) groups excluding carboxylic acids is 1. The first-order valence-corrected chi connectivity index (χ1v) is 8.87. The molecule has 0 fully saturated rings. The van der Waals surface area contributed by atoms with Gasteiger partial charge in [0.2, 0.25) is 5.92 Å². The fraction of sp³-hybridized carbons (Fsp3) is 0.421. The fourth-order valence-corrected chi connectivity index (χ4v) is 1.96. The van der Waals surface area contributed by atoms with E-state index in [0.29, 0.717) is 6.07 Å². The molecule has 0 aliphatic rings. The summed E-state index contributed by atoms with van der Waals surface area (Å²) in [5, 5.41) is 17.1. The van der Waals surface area contributed by atoms with E-state index in [1.165, 1.54) is 0 Å². The first kappa shape index (κ1) is 27.2. The number of aromatic nitrogens is 4. The van der Waals surface area contributed by atoms with Crippen molar-refractivity contribution in [3.63, 3.8) is 0 Å². The van der Waals surface area contributed by atoms with E-state index in [9.17, 15) is 31.1 Å². The van der Waals surface area contributed by atoms with Gasteiger partial charge in [0.05, 0.1) is 18.6 Å². The lowest BCUT2D eigenvalue weighted by Gasteiger charge is -2.21. The number of nitrogens with zero attached hydrogens (tertiary/aromatic N) is 6. The molecule has 2 aromatic heterocycles. The number of rotatable bonds is 3. The highest BCUT2D eigenvalue weighted by molar-refractivity contribution is 5.80. The van der Waals surface area contributed by atoms with Crippen LogP contribution in [0, 0.1) is 22.7 Å². The van der Waals surface area contributed by atoms with Gasteiger partial charge in [0.1, 0.15) is 22.8 Å². The molecule has 176 valence electrons. The topological polar surface area (TPSA) is 125 Å². The van der Waals surface area contributed by atoms with E-state index in [-0.39, 0.29) is 12.2 Å². The molecular weight excluding hydrogens is 458 g/mol. The molecule has 1 unspecified atom stereocenters. The maximum atomic E-state index is 12.5. The van der Waals surface area contributed by atoms with Crippen molar-refractivity contribution in [3.8, 4) is 12.1 Å². The zero-order valence-corrected chi connectivity index (χ0v) is 17.4. The second kappa shape index (κ2) is 10.7. The summed E-state index contributed by atoms with van der Waals surface area (Å²) >= 11 is 0. The van der Waals surface area contributed by atoms with Crippen LogP contribution < -0.4 is 0 Å². The summed E-state index contributed by atoms with van der Waals surface area (Å²) in [7, 11) is 0. The lowest BCUT2D eigenvalue weighted by molar-refractivity contribution is -0.155. The summed E-state index contributed by atoms with van der Waals surface area (Å²) in [4.78, 5) is 25.2. The molecule has 2 rings (SSSR count). The van der Waals surface area contributed by atoms with Crippen LogP contribution in [-0.4, -0.2) is 31.5 Å². The van der Waals surface area contributed by atoms with Crippen molar-refractivity contribution < 1.29 is 35.9 Å². The normalized spacial score (nSPS) is 12.5. The van der Waals surface area contributed by atoms with Crippen LogP contribution in [0.15, 0.2) is 24.5 Å². The maximum Gasteiger partial charge on any atom is 0.433 e. The molecule has 33 heavy (non-hydrogen) atoms. The summed E-state index contributed by atoms with van der Waals surface area (Å²) in [5.41, 5.74) is -3.10. The standard InChI is InChI=1S/C12H12F3N3O2.C7H4F3N3/c1-11(2,3)20-10(19)7(6-16)9-17-5-4-8(18-9)12(13,14)15;8-7(9,10)5-2-4-12-6(13-5)1-3-11/h4-5,7H,1-3H3;2,4H,1H2. The van der Waals surface area contributed by atoms with Gasteiger partial charge in [-0.15, -0.1) is 0 Å². The number of ether oxygens (including phenoxy) is 1. The van der Waals surface area contributed by atoms with E-state index in [0.717, 1.165) is 18.5 Å². The van der Waals surface area contributed by atoms with Gasteiger partial charge < -0.3 is 4.74 Å². The lowest BCUT2D eigenvalue weighted by Crippen LogP contribution is -2.28. The molecular formula is C19H16F6N6O2. The molecule has 14 heteroatoms. The van der Waals surface area contributed by atoms with Gasteiger partial charge in [-0.25, -0.2) is 19.9 Å². The number of carbonyl (C=O) groups is 1. The lowest BCUT2D eigenvalue weighted by atomic mass is 10.1. The van der Waals surface area contributed by atoms with Gasteiger partial charge in [0.15, 0.2) is 5.82 Å². The van der Waals surface area contributed by atoms with Gasteiger partial charge >= 0.3 is 18.3 Å². The molecule has 2 heterocycles. The molecule has 0 saturated heterocycles. The van der Waals surface area contributed by atoms with Gasteiger partial charge in [-0.2, -0.15) is 36.9 Å². The highest BCUT2D eigenvalue weighted by Crippen LogP contribution is 2.28. The minimum absolute atomic E-state index is 0.114. The average Bonchev–Trinajstić information content (AvgIpc) is 2.67. The molecule has 0 bridgehead atoms. The highest BCUT2D eigenvalue weighted by Gasteiger charge is 2.35. The Balaban J connectivity index is 0.000000361. The number of alkyl halides is 6. The number of hydrogen-bond donors (Lipinski definition) is 0. The Morgan fingerprint density at radius 2 is 1.48 bits per heavy atom. The van der Waals surface area contributed by atoms with E-state index in [1.807, 2.05) is 0 Å². The van der Waals surface area contributed by atoms with Crippen LogP contribution in [0.2, 0.25) is 0 Å². The molecule has 2 aromatic rings. The molecule has 0 aliphatic heterocycles. The molecule has 0 spiro atoms. The van der Waals surface area contributed by atoms with Crippen molar-refractivity contribution in [3.05, 3.63) is 47.6 Å². The Hall–Kier alpha value is -3.81. The first-order chi connectivity index (χ1) is 15.1. The second-order valence-electron chi connectivity index (χ2n) is 7.08. The van der Waals surface area contributed by atoms with Crippen molar-refractivity contribution >= 4 is 5.97 Å². The van der Waals surface area contributed by atoms with E-state index in [2.05, 4.69) is 19.9 Å². The number of nitriles is 2. The Morgan fingerprint density at radius 3 is 1.94 bits per heavy atom. The van der Waals surface area contributed by atoms with Crippen LogP contribution in [0.4, 0.5) is 26.3 Å². The zero-order chi connectivity index (χ0) is 25.4. The van der Waals surface area contributed by atoms with Crippen LogP contribution in [0.1, 0.15) is 49.7 Å². The predicted octanol–water partition coefficient (Wildman–Crippen LogP) is 4.01. The number of hydrogen-bond acceptors (Lipinski definition) is 8. The summed E-state index contributed by atoms with van der Waals surface area (Å²) in [6.45, 7) is 4.73.